The summed E-state index contributed by atoms with van der Waals surface area (Å²) in [6.07, 6.45) is 4.22. The van der Waals surface area contributed by atoms with Crippen LogP contribution < -0.4 is 0 Å². The minimum absolute atomic E-state index is 0.0607. The van der Waals surface area contributed by atoms with Gasteiger partial charge in [-0.25, -0.2) is 0 Å². The monoisotopic (exact) mass is 249 g/mol. The number of rotatable bonds is 4. The lowest BCUT2D eigenvalue weighted by Gasteiger charge is -2.29. The highest BCUT2D eigenvalue weighted by molar-refractivity contribution is 7.12. The van der Waals surface area contributed by atoms with Crippen LogP contribution in [-0.4, -0.2) is 30.2 Å². The highest BCUT2D eigenvalue weighted by atomic mass is 32.1. The van der Waals surface area contributed by atoms with Gasteiger partial charge in [0.2, 0.25) is 0 Å². The van der Waals surface area contributed by atoms with Crippen LogP contribution in [-0.2, 0) is 6.54 Å². The lowest BCUT2D eigenvalue weighted by atomic mass is 9.85. The van der Waals surface area contributed by atoms with Crippen molar-refractivity contribution in [1.82, 2.24) is 4.90 Å². The van der Waals surface area contributed by atoms with Crippen molar-refractivity contribution in [2.45, 2.75) is 25.8 Å². The SMILES string of the molecule is CN(Cc1ccc(C#CCO)s1)CC1CCC1. The van der Waals surface area contributed by atoms with Crippen molar-refractivity contribution in [2.24, 2.45) is 5.92 Å². The third kappa shape index (κ3) is 3.85. The summed E-state index contributed by atoms with van der Waals surface area (Å²) in [6, 6.07) is 4.18. The smallest absolute Gasteiger partial charge is 0.104 e. The van der Waals surface area contributed by atoms with E-state index in [1.54, 1.807) is 11.3 Å². The maximum Gasteiger partial charge on any atom is 0.104 e. The molecule has 0 saturated heterocycles. The van der Waals surface area contributed by atoms with Gasteiger partial charge in [-0.3, -0.25) is 0 Å². The summed E-state index contributed by atoms with van der Waals surface area (Å²) in [7, 11) is 2.19. The molecule has 17 heavy (non-hydrogen) atoms. The van der Waals surface area contributed by atoms with Gasteiger partial charge in [-0.05, 0) is 37.9 Å². The van der Waals surface area contributed by atoms with Crippen molar-refractivity contribution in [3.63, 3.8) is 0 Å². The second kappa shape index (κ2) is 6.20. The Balaban J connectivity index is 1.82. The molecule has 92 valence electrons. The average Bonchev–Trinajstić information content (AvgIpc) is 2.68. The molecular weight excluding hydrogens is 230 g/mol. The van der Waals surface area contributed by atoms with Gasteiger partial charge < -0.3 is 10.0 Å². The normalized spacial score (nSPS) is 15.5. The van der Waals surface area contributed by atoms with Crippen molar-refractivity contribution in [2.75, 3.05) is 20.2 Å². The minimum atomic E-state index is -0.0607. The molecule has 0 amide bonds. The zero-order chi connectivity index (χ0) is 12.1. The number of nitrogens with zero attached hydrogens (tertiary/aromatic N) is 1. The van der Waals surface area contributed by atoms with E-state index in [-0.39, 0.29) is 6.61 Å². The van der Waals surface area contributed by atoms with E-state index in [1.165, 1.54) is 30.7 Å². The predicted molar refractivity (Wildman–Crippen MR) is 72.0 cm³/mol. The van der Waals surface area contributed by atoms with Gasteiger partial charge in [0, 0.05) is 18.0 Å². The van der Waals surface area contributed by atoms with Crippen molar-refractivity contribution in [3.8, 4) is 11.8 Å². The molecule has 1 saturated carbocycles. The van der Waals surface area contributed by atoms with E-state index >= 15 is 0 Å². The van der Waals surface area contributed by atoms with Gasteiger partial charge in [-0.2, -0.15) is 0 Å². The molecule has 1 aromatic heterocycles. The summed E-state index contributed by atoms with van der Waals surface area (Å²) < 4.78 is 0. The Bertz CT molecular complexity index is 411. The van der Waals surface area contributed by atoms with Crippen LogP contribution in [0.1, 0.15) is 29.0 Å². The maximum absolute atomic E-state index is 8.64. The average molecular weight is 249 g/mol. The van der Waals surface area contributed by atoms with Crippen LogP contribution >= 0.6 is 11.3 Å². The predicted octanol–water partition coefficient (Wildman–Crippen LogP) is 2.32. The van der Waals surface area contributed by atoms with Crippen molar-refractivity contribution < 1.29 is 5.11 Å². The third-order valence-electron chi connectivity index (χ3n) is 3.17. The molecule has 1 aliphatic carbocycles. The van der Waals surface area contributed by atoms with Gasteiger partial charge in [0.15, 0.2) is 0 Å². The number of aliphatic hydroxyl groups is 1. The Kier molecular flexibility index (Phi) is 4.61. The van der Waals surface area contributed by atoms with Crippen LogP contribution in [0.25, 0.3) is 0 Å². The summed E-state index contributed by atoms with van der Waals surface area (Å²) in [5.41, 5.74) is 0. The van der Waals surface area contributed by atoms with Crippen molar-refractivity contribution in [3.05, 3.63) is 21.9 Å². The fraction of sp³-hybridized carbons (Fsp3) is 0.571. The fourth-order valence-electron chi connectivity index (χ4n) is 2.10. The van der Waals surface area contributed by atoms with Gasteiger partial charge in [0.1, 0.15) is 6.61 Å². The first-order chi connectivity index (χ1) is 8.28. The molecule has 2 rings (SSSR count). The Hall–Kier alpha value is -0.820. The standard InChI is InChI=1S/C14H19NOS/c1-15(10-12-4-2-5-12)11-14-8-7-13(17-14)6-3-9-16/h7-8,12,16H,2,4-5,9-11H2,1H3. The zero-order valence-corrected chi connectivity index (χ0v) is 11.1. The molecule has 0 unspecified atom stereocenters. The second-order valence-electron chi connectivity index (χ2n) is 4.72. The Morgan fingerprint density at radius 1 is 1.47 bits per heavy atom. The van der Waals surface area contributed by atoms with Crippen molar-refractivity contribution in [1.29, 1.82) is 0 Å². The van der Waals surface area contributed by atoms with Crippen LogP contribution in [0.5, 0.6) is 0 Å². The van der Waals surface area contributed by atoms with Crippen LogP contribution in [0.2, 0.25) is 0 Å². The summed E-state index contributed by atoms with van der Waals surface area (Å²) in [5.74, 6) is 6.56. The molecule has 0 aromatic carbocycles. The number of hydrogen-bond acceptors (Lipinski definition) is 3. The molecule has 1 fully saturated rings. The number of thiophene rings is 1. The van der Waals surface area contributed by atoms with E-state index in [0.29, 0.717) is 0 Å². The van der Waals surface area contributed by atoms with E-state index in [9.17, 15) is 0 Å². The molecular formula is C14H19NOS. The lowest BCUT2D eigenvalue weighted by molar-refractivity contribution is 0.201. The molecule has 1 aliphatic rings. The molecule has 1 aromatic rings. The maximum atomic E-state index is 8.64. The molecule has 3 heteroatoms. The number of aliphatic hydroxyl groups excluding tert-OH is 1. The van der Waals surface area contributed by atoms with Crippen molar-refractivity contribution >= 4 is 11.3 Å². The van der Waals surface area contributed by atoms with Gasteiger partial charge in [0.25, 0.3) is 0 Å². The molecule has 0 bridgehead atoms. The largest absolute Gasteiger partial charge is 0.384 e. The Labute approximate surface area is 107 Å². The molecule has 0 aliphatic heterocycles. The van der Waals surface area contributed by atoms with E-state index in [2.05, 4.69) is 29.9 Å². The van der Waals surface area contributed by atoms with Gasteiger partial charge >= 0.3 is 0 Å². The lowest BCUT2D eigenvalue weighted by Crippen LogP contribution is -2.28. The fourth-order valence-corrected chi connectivity index (χ4v) is 3.07. The highest BCUT2D eigenvalue weighted by Crippen LogP contribution is 2.27. The topological polar surface area (TPSA) is 23.5 Å². The molecule has 0 atom stereocenters. The molecule has 0 spiro atoms. The highest BCUT2D eigenvalue weighted by Gasteiger charge is 2.19. The summed E-state index contributed by atoms with van der Waals surface area (Å²) in [6.45, 7) is 2.17. The Morgan fingerprint density at radius 3 is 2.94 bits per heavy atom. The zero-order valence-electron chi connectivity index (χ0n) is 10.3. The van der Waals surface area contributed by atoms with Gasteiger partial charge in [-0.1, -0.05) is 18.3 Å². The molecule has 1 N–H and O–H groups in total. The van der Waals surface area contributed by atoms with Gasteiger partial charge in [0.05, 0.1) is 4.88 Å². The van der Waals surface area contributed by atoms with Crippen LogP contribution in [0.3, 0.4) is 0 Å². The first kappa shape index (κ1) is 12.6. The minimum Gasteiger partial charge on any atom is -0.384 e. The van der Waals surface area contributed by atoms with Crippen LogP contribution in [0.15, 0.2) is 12.1 Å². The summed E-state index contributed by atoms with van der Waals surface area (Å²) in [4.78, 5) is 4.80. The number of hydrogen-bond donors (Lipinski definition) is 1. The van der Waals surface area contributed by atoms with E-state index in [1.807, 2.05) is 6.07 Å². The van der Waals surface area contributed by atoms with Crippen LogP contribution in [0.4, 0.5) is 0 Å². The summed E-state index contributed by atoms with van der Waals surface area (Å²) in [5, 5.41) is 8.64. The molecule has 0 radical (unpaired) electrons. The summed E-state index contributed by atoms with van der Waals surface area (Å²) >= 11 is 1.73. The Morgan fingerprint density at radius 2 is 2.29 bits per heavy atom. The van der Waals surface area contributed by atoms with E-state index in [4.69, 9.17) is 5.11 Å². The van der Waals surface area contributed by atoms with Gasteiger partial charge in [-0.15, -0.1) is 11.3 Å². The van der Waals surface area contributed by atoms with E-state index in [0.717, 1.165) is 17.3 Å². The first-order valence-corrected chi connectivity index (χ1v) is 6.96. The molecule has 1 heterocycles. The third-order valence-corrected chi connectivity index (χ3v) is 4.16. The van der Waals surface area contributed by atoms with E-state index < -0.39 is 0 Å². The first-order valence-electron chi connectivity index (χ1n) is 6.15. The molecule has 2 nitrogen and oxygen atoms in total. The van der Waals surface area contributed by atoms with Crippen LogP contribution in [0, 0.1) is 17.8 Å². The quantitative estimate of drug-likeness (QED) is 0.828. The second-order valence-corrected chi connectivity index (χ2v) is 5.89.